The van der Waals surface area contributed by atoms with Gasteiger partial charge in [0.15, 0.2) is 17.3 Å². The van der Waals surface area contributed by atoms with Crippen LogP contribution in [-0.4, -0.2) is 12.4 Å². The van der Waals surface area contributed by atoms with Gasteiger partial charge >= 0.3 is 0 Å². The van der Waals surface area contributed by atoms with Crippen molar-refractivity contribution in [3.63, 3.8) is 0 Å². The molecule has 0 aliphatic carbocycles. The summed E-state index contributed by atoms with van der Waals surface area (Å²) < 4.78 is 27.7. The van der Waals surface area contributed by atoms with Crippen LogP contribution in [0.1, 0.15) is 45.1 Å². The first-order chi connectivity index (χ1) is 14.5. The average molecular weight is 466 g/mol. The van der Waals surface area contributed by atoms with Crippen molar-refractivity contribution < 1.29 is 18.7 Å². The third kappa shape index (κ3) is 3.81. The van der Waals surface area contributed by atoms with Crippen LogP contribution < -0.4 is 9.47 Å². The van der Waals surface area contributed by atoms with Gasteiger partial charge in [-0.05, 0) is 48.4 Å². The van der Waals surface area contributed by atoms with Gasteiger partial charge in [-0.25, -0.2) is 4.39 Å². The number of carbonyl (C=O) groups excluding carboxylic acids is 1. The number of nitriles is 1. The van der Waals surface area contributed by atoms with Gasteiger partial charge in [-0.2, -0.15) is 5.26 Å². The molecule has 3 aromatic rings. The Morgan fingerprint density at radius 1 is 1.17 bits per heavy atom. The van der Waals surface area contributed by atoms with Gasteiger partial charge in [0, 0.05) is 16.5 Å². The standard InChI is InChI=1S/C24H17BrFNO3/c1-14-22-19(21(28)9-10-29-22)12-20(26)23(14)30-24(17-3-2-4-18(25)11-17)16-7-5-15(13-27)6-8-16/h2-8,11-12,24H,9-10H2,1H3/t24-/m1/s1. The molecule has 1 heterocycles. The lowest BCUT2D eigenvalue weighted by atomic mass is 9.98. The lowest BCUT2D eigenvalue weighted by Gasteiger charge is -2.25. The summed E-state index contributed by atoms with van der Waals surface area (Å²) in [7, 11) is 0. The maximum Gasteiger partial charge on any atom is 0.170 e. The highest BCUT2D eigenvalue weighted by Gasteiger charge is 2.27. The van der Waals surface area contributed by atoms with Gasteiger partial charge in [0.2, 0.25) is 0 Å². The number of carbonyl (C=O) groups is 1. The molecule has 3 aromatic carbocycles. The number of nitrogens with zero attached hydrogens (tertiary/aromatic N) is 1. The number of ketones is 1. The highest BCUT2D eigenvalue weighted by Crippen LogP contribution is 2.40. The highest BCUT2D eigenvalue weighted by atomic mass is 79.9. The fourth-order valence-corrected chi connectivity index (χ4v) is 3.93. The lowest BCUT2D eigenvalue weighted by Crippen LogP contribution is -2.18. The van der Waals surface area contributed by atoms with Crippen LogP contribution in [-0.2, 0) is 0 Å². The maximum atomic E-state index is 15.0. The zero-order valence-electron chi connectivity index (χ0n) is 16.1. The minimum Gasteiger partial charge on any atom is -0.492 e. The van der Waals surface area contributed by atoms with Crippen molar-refractivity contribution in [2.24, 2.45) is 0 Å². The summed E-state index contributed by atoms with van der Waals surface area (Å²) in [6.07, 6.45) is -0.390. The van der Waals surface area contributed by atoms with Crippen molar-refractivity contribution in [3.05, 3.63) is 92.7 Å². The Kier molecular flexibility index (Phi) is 5.56. The Morgan fingerprint density at radius 2 is 1.93 bits per heavy atom. The van der Waals surface area contributed by atoms with Gasteiger partial charge in [-0.1, -0.05) is 40.2 Å². The van der Waals surface area contributed by atoms with Crippen LogP contribution in [0.15, 0.2) is 59.1 Å². The van der Waals surface area contributed by atoms with Crippen LogP contribution in [0.2, 0.25) is 0 Å². The molecule has 30 heavy (non-hydrogen) atoms. The molecule has 1 aliphatic heterocycles. The summed E-state index contributed by atoms with van der Waals surface area (Å²) in [5.41, 5.74) is 2.80. The molecule has 0 radical (unpaired) electrons. The second kappa shape index (κ2) is 8.29. The molecule has 150 valence electrons. The van der Waals surface area contributed by atoms with E-state index in [1.807, 2.05) is 24.3 Å². The molecule has 4 rings (SSSR count). The van der Waals surface area contributed by atoms with E-state index < -0.39 is 11.9 Å². The zero-order valence-corrected chi connectivity index (χ0v) is 17.7. The number of halogens is 2. The summed E-state index contributed by atoms with van der Waals surface area (Å²) in [4.78, 5) is 12.1. The third-order valence-electron chi connectivity index (χ3n) is 5.02. The minimum absolute atomic E-state index is 0.0396. The van der Waals surface area contributed by atoms with E-state index in [1.54, 1.807) is 31.2 Å². The van der Waals surface area contributed by atoms with E-state index in [2.05, 4.69) is 22.0 Å². The Bertz CT molecular complexity index is 1170. The number of benzene rings is 3. The van der Waals surface area contributed by atoms with Gasteiger partial charge in [-0.3, -0.25) is 4.79 Å². The van der Waals surface area contributed by atoms with Crippen molar-refractivity contribution >= 4 is 21.7 Å². The summed E-state index contributed by atoms with van der Waals surface area (Å²) >= 11 is 3.47. The number of fused-ring (bicyclic) bond motifs is 1. The maximum absolute atomic E-state index is 15.0. The monoisotopic (exact) mass is 465 g/mol. The second-order valence-electron chi connectivity index (χ2n) is 7.00. The molecule has 0 bridgehead atoms. The third-order valence-corrected chi connectivity index (χ3v) is 5.51. The zero-order chi connectivity index (χ0) is 21.3. The second-order valence-corrected chi connectivity index (χ2v) is 7.91. The molecular formula is C24H17BrFNO3. The Hall–Kier alpha value is -3.17. The number of hydrogen-bond donors (Lipinski definition) is 0. The van der Waals surface area contributed by atoms with Crippen LogP contribution in [0.5, 0.6) is 11.5 Å². The average Bonchev–Trinajstić information content (AvgIpc) is 2.75. The van der Waals surface area contributed by atoms with E-state index in [0.717, 1.165) is 15.6 Å². The molecule has 1 aliphatic rings. The fourth-order valence-electron chi connectivity index (χ4n) is 3.51. The van der Waals surface area contributed by atoms with Crippen molar-refractivity contribution in [2.75, 3.05) is 6.61 Å². The van der Waals surface area contributed by atoms with Gasteiger partial charge in [0.05, 0.1) is 23.8 Å². The largest absolute Gasteiger partial charge is 0.492 e. The Labute approximate surface area is 182 Å². The fraction of sp³-hybridized carbons (Fsp3) is 0.167. The quantitative estimate of drug-likeness (QED) is 0.480. The van der Waals surface area contributed by atoms with E-state index >= 15 is 4.39 Å². The van der Waals surface area contributed by atoms with Crippen molar-refractivity contribution in [3.8, 4) is 17.6 Å². The topological polar surface area (TPSA) is 59.3 Å². The van der Waals surface area contributed by atoms with E-state index in [9.17, 15) is 4.79 Å². The molecule has 1 atom stereocenters. The van der Waals surface area contributed by atoms with Crippen molar-refractivity contribution in [2.45, 2.75) is 19.4 Å². The SMILES string of the molecule is Cc1c(O[C@H](c2ccc(C#N)cc2)c2cccc(Br)c2)c(F)cc2c1OCCC2=O. The lowest BCUT2D eigenvalue weighted by molar-refractivity contribution is 0.0931. The number of rotatable bonds is 4. The van der Waals surface area contributed by atoms with Gasteiger partial charge < -0.3 is 9.47 Å². The van der Waals surface area contributed by atoms with Crippen LogP contribution in [0.25, 0.3) is 0 Å². The summed E-state index contributed by atoms with van der Waals surface area (Å²) in [6.45, 7) is 1.95. The molecule has 0 unspecified atom stereocenters. The van der Waals surface area contributed by atoms with Gasteiger partial charge in [0.1, 0.15) is 11.9 Å². The highest BCUT2D eigenvalue weighted by molar-refractivity contribution is 9.10. The molecule has 6 heteroatoms. The number of ether oxygens (including phenoxy) is 2. The van der Waals surface area contributed by atoms with Crippen LogP contribution in [0, 0.1) is 24.1 Å². The first kappa shape index (κ1) is 20.1. The molecule has 0 fully saturated rings. The molecular weight excluding hydrogens is 449 g/mol. The smallest absolute Gasteiger partial charge is 0.170 e. The van der Waals surface area contributed by atoms with E-state index in [-0.39, 0.29) is 30.1 Å². The Balaban J connectivity index is 1.81. The first-order valence-corrected chi connectivity index (χ1v) is 10.2. The van der Waals surface area contributed by atoms with Crippen LogP contribution >= 0.6 is 15.9 Å². The Morgan fingerprint density at radius 3 is 2.63 bits per heavy atom. The van der Waals surface area contributed by atoms with E-state index in [1.165, 1.54) is 6.07 Å². The van der Waals surface area contributed by atoms with Crippen LogP contribution in [0.3, 0.4) is 0 Å². The van der Waals surface area contributed by atoms with Crippen LogP contribution in [0.4, 0.5) is 4.39 Å². The van der Waals surface area contributed by atoms with Crippen molar-refractivity contribution in [1.82, 2.24) is 0 Å². The summed E-state index contributed by atoms with van der Waals surface area (Å²) in [5, 5.41) is 9.08. The molecule has 0 saturated heterocycles. The minimum atomic E-state index is -0.624. The number of Topliss-reactive ketones (excluding diaryl/α,β-unsaturated/α-hetero) is 1. The van der Waals surface area contributed by atoms with E-state index in [0.29, 0.717) is 16.9 Å². The predicted molar refractivity (Wildman–Crippen MR) is 113 cm³/mol. The first-order valence-electron chi connectivity index (χ1n) is 9.39. The number of hydrogen-bond acceptors (Lipinski definition) is 4. The normalized spacial score (nSPS) is 13.7. The molecule has 4 nitrogen and oxygen atoms in total. The van der Waals surface area contributed by atoms with E-state index in [4.69, 9.17) is 14.7 Å². The summed E-state index contributed by atoms with van der Waals surface area (Å²) in [6, 6.07) is 17.8. The molecule has 0 saturated carbocycles. The molecule has 0 N–H and O–H groups in total. The van der Waals surface area contributed by atoms with Gasteiger partial charge in [0.25, 0.3) is 0 Å². The molecule has 0 spiro atoms. The van der Waals surface area contributed by atoms with Crippen molar-refractivity contribution in [1.29, 1.82) is 5.26 Å². The van der Waals surface area contributed by atoms with Gasteiger partial charge in [-0.15, -0.1) is 0 Å². The summed E-state index contributed by atoms with van der Waals surface area (Å²) in [5.74, 6) is -0.340. The molecule has 0 aromatic heterocycles. The molecule has 0 amide bonds. The predicted octanol–water partition coefficient (Wildman–Crippen LogP) is 5.90.